The highest BCUT2D eigenvalue weighted by Gasteiger charge is 2.29. The Morgan fingerprint density at radius 3 is 2.78 bits per heavy atom. The summed E-state index contributed by atoms with van der Waals surface area (Å²) in [5.41, 5.74) is 2.48. The van der Waals surface area contributed by atoms with Crippen LogP contribution in [-0.2, 0) is 19.4 Å². The maximum absolute atomic E-state index is 12.9. The number of thiazole rings is 1. The summed E-state index contributed by atoms with van der Waals surface area (Å²) in [7, 11) is 0. The number of alkyl halides is 3. The van der Waals surface area contributed by atoms with Gasteiger partial charge in [0.05, 0.1) is 16.2 Å². The van der Waals surface area contributed by atoms with Crippen LogP contribution in [0.25, 0.3) is 10.9 Å². The van der Waals surface area contributed by atoms with Crippen molar-refractivity contribution < 1.29 is 18.0 Å². The van der Waals surface area contributed by atoms with Gasteiger partial charge in [-0.15, -0.1) is 11.3 Å². The molecule has 36 heavy (non-hydrogen) atoms. The third kappa shape index (κ3) is 6.24. The van der Waals surface area contributed by atoms with E-state index in [1.807, 2.05) is 30.3 Å². The number of halogens is 3. The van der Waals surface area contributed by atoms with Crippen molar-refractivity contribution in [1.29, 1.82) is 0 Å². The summed E-state index contributed by atoms with van der Waals surface area (Å²) in [6.07, 6.45) is 2.94. The number of fused-ring (bicyclic) bond motifs is 2. The zero-order chi connectivity index (χ0) is 25.1. The number of amides is 1. The molecule has 3 heterocycles. The highest BCUT2D eigenvalue weighted by atomic mass is 32.1. The topological polar surface area (TPSA) is 58.1 Å². The summed E-state index contributed by atoms with van der Waals surface area (Å²) in [6, 6.07) is 9.64. The Morgan fingerprint density at radius 2 is 1.97 bits per heavy atom. The minimum atomic E-state index is -4.13. The van der Waals surface area contributed by atoms with Crippen molar-refractivity contribution in [2.24, 2.45) is 5.92 Å². The standard InChI is InChI=1S/C27H31F3N4OS/c28-27(29,30)13-10-25-33-23-17-34(16-12-24(23)36-25)15-11-18-6-8-19(9-7-18)32-26(35)21-3-1-5-22-20(21)4-2-14-31-22/h1-5,14,18-19H,6-13,15-17H2,(H,32,35)/t18-,19-. The van der Waals surface area contributed by atoms with Crippen LogP contribution in [0, 0.1) is 5.92 Å². The molecule has 0 unspecified atom stereocenters. The lowest BCUT2D eigenvalue weighted by atomic mass is 9.84. The molecular formula is C27H31F3N4OS. The first-order chi connectivity index (χ1) is 17.3. The van der Waals surface area contributed by atoms with Crippen LogP contribution in [0.1, 0.15) is 64.5 Å². The molecule has 0 spiro atoms. The van der Waals surface area contributed by atoms with E-state index in [1.54, 1.807) is 6.20 Å². The SMILES string of the molecule is O=C(N[C@H]1CC[C@H](CCN2CCc3sc(CCC(F)(F)F)nc3C2)CC1)c1cccc2ncccc12. The van der Waals surface area contributed by atoms with Crippen LogP contribution in [0.3, 0.4) is 0 Å². The van der Waals surface area contributed by atoms with Gasteiger partial charge in [0.1, 0.15) is 0 Å². The van der Waals surface area contributed by atoms with E-state index in [0.717, 1.165) is 79.6 Å². The molecule has 2 aromatic heterocycles. The van der Waals surface area contributed by atoms with E-state index >= 15 is 0 Å². The first kappa shape index (κ1) is 25.1. The molecule has 5 nitrogen and oxygen atoms in total. The van der Waals surface area contributed by atoms with Crippen LogP contribution in [0.5, 0.6) is 0 Å². The van der Waals surface area contributed by atoms with E-state index in [2.05, 4.69) is 20.2 Å². The molecular weight excluding hydrogens is 485 g/mol. The van der Waals surface area contributed by atoms with Crippen molar-refractivity contribution in [1.82, 2.24) is 20.2 Å². The van der Waals surface area contributed by atoms with E-state index in [-0.39, 0.29) is 18.4 Å². The number of carbonyl (C=O) groups excluding carboxylic acids is 1. The molecule has 0 radical (unpaired) electrons. The molecule has 1 aliphatic heterocycles. The van der Waals surface area contributed by atoms with Crippen molar-refractivity contribution in [2.75, 3.05) is 13.1 Å². The first-order valence-corrected chi connectivity index (χ1v) is 13.6. The number of nitrogens with zero attached hydrogens (tertiary/aromatic N) is 3. The van der Waals surface area contributed by atoms with Crippen LogP contribution in [-0.4, -0.2) is 46.1 Å². The van der Waals surface area contributed by atoms with E-state index < -0.39 is 12.6 Å². The summed E-state index contributed by atoms with van der Waals surface area (Å²) in [4.78, 5) is 25.3. The van der Waals surface area contributed by atoms with Gasteiger partial charge in [0.15, 0.2) is 0 Å². The van der Waals surface area contributed by atoms with E-state index in [1.165, 1.54) is 11.3 Å². The lowest BCUT2D eigenvalue weighted by Crippen LogP contribution is -2.38. The number of rotatable bonds is 7. The quantitative estimate of drug-likeness (QED) is 0.423. The summed E-state index contributed by atoms with van der Waals surface area (Å²) < 4.78 is 37.6. The van der Waals surface area contributed by atoms with Crippen molar-refractivity contribution in [3.8, 4) is 0 Å². The first-order valence-electron chi connectivity index (χ1n) is 12.8. The molecule has 1 N–H and O–H groups in total. The summed E-state index contributed by atoms with van der Waals surface area (Å²) in [6.45, 7) is 2.67. The maximum Gasteiger partial charge on any atom is 0.389 e. The molecule has 0 atom stereocenters. The van der Waals surface area contributed by atoms with Crippen LogP contribution < -0.4 is 5.32 Å². The fourth-order valence-corrected chi connectivity index (χ4v) is 6.44. The van der Waals surface area contributed by atoms with Gasteiger partial charge in [-0.25, -0.2) is 4.98 Å². The molecule has 2 aliphatic rings. The zero-order valence-corrected chi connectivity index (χ0v) is 21.0. The minimum absolute atomic E-state index is 0.0155. The van der Waals surface area contributed by atoms with Gasteiger partial charge in [0, 0.05) is 54.0 Å². The minimum Gasteiger partial charge on any atom is -0.349 e. The number of aromatic nitrogens is 2. The zero-order valence-electron chi connectivity index (χ0n) is 20.2. The van der Waals surface area contributed by atoms with Crippen molar-refractivity contribution >= 4 is 28.1 Å². The lowest BCUT2D eigenvalue weighted by Gasteiger charge is -2.32. The number of nitrogens with one attached hydrogen (secondary N) is 1. The Labute approximate surface area is 213 Å². The largest absolute Gasteiger partial charge is 0.389 e. The van der Waals surface area contributed by atoms with Crippen LogP contribution >= 0.6 is 11.3 Å². The summed E-state index contributed by atoms with van der Waals surface area (Å²) >= 11 is 1.45. The second kappa shape index (κ2) is 10.8. The van der Waals surface area contributed by atoms with E-state index in [0.29, 0.717) is 16.5 Å². The molecule has 0 saturated heterocycles. The molecule has 1 aliphatic carbocycles. The van der Waals surface area contributed by atoms with Gasteiger partial charge < -0.3 is 5.32 Å². The van der Waals surface area contributed by atoms with Crippen LogP contribution in [0.4, 0.5) is 13.2 Å². The molecule has 1 saturated carbocycles. The van der Waals surface area contributed by atoms with Gasteiger partial charge in [-0.2, -0.15) is 13.2 Å². The van der Waals surface area contributed by atoms with E-state index in [9.17, 15) is 18.0 Å². The third-order valence-corrected chi connectivity index (χ3v) is 8.62. The van der Waals surface area contributed by atoms with Gasteiger partial charge in [0.2, 0.25) is 0 Å². The molecule has 5 rings (SSSR count). The molecule has 1 amide bonds. The fraction of sp³-hybridized carbons (Fsp3) is 0.519. The molecule has 0 bridgehead atoms. The number of aryl methyl sites for hydroxylation is 1. The summed E-state index contributed by atoms with van der Waals surface area (Å²) in [5, 5.41) is 4.72. The smallest absolute Gasteiger partial charge is 0.349 e. The number of benzene rings is 1. The molecule has 1 aromatic carbocycles. The number of carbonyl (C=O) groups is 1. The van der Waals surface area contributed by atoms with E-state index in [4.69, 9.17) is 0 Å². The average molecular weight is 517 g/mol. The number of hydrogen-bond donors (Lipinski definition) is 1. The molecule has 9 heteroatoms. The molecule has 1 fully saturated rings. The second-order valence-corrected chi connectivity index (χ2v) is 11.1. The van der Waals surface area contributed by atoms with Gasteiger partial charge in [0.25, 0.3) is 5.91 Å². The lowest BCUT2D eigenvalue weighted by molar-refractivity contribution is -0.134. The van der Waals surface area contributed by atoms with Crippen molar-refractivity contribution in [3.63, 3.8) is 0 Å². The fourth-order valence-electron chi connectivity index (χ4n) is 5.38. The normalized spacial score (nSPS) is 20.9. The Hall–Kier alpha value is -2.52. The van der Waals surface area contributed by atoms with Gasteiger partial charge in [-0.1, -0.05) is 12.1 Å². The van der Waals surface area contributed by atoms with Gasteiger partial charge in [-0.05, 0) is 69.2 Å². The maximum atomic E-state index is 12.9. The average Bonchev–Trinajstić information content (AvgIpc) is 3.29. The van der Waals surface area contributed by atoms with Crippen LogP contribution in [0.15, 0.2) is 36.5 Å². The predicted molar refractivity (Wildman–Crippen MR) is 135 cm³/mol. The number of pyridine rings is 1. The van der Waals surface area contributed by atoms with Crippen LogP contribution in [0.2, 0.25) is 0 Å². The van der Waals surface area contributed by atoms with Gasteiger partial charge in [-0.3, -0.25) is 14.7 Å². The predicted octanol–water partition coefficient (Wildman–Crippen LogP) is 5.92. The van der Waals surface area contributed by atoms with Crippen molar-refractivity contribution in [2.45, 2.75) is 70.1 Å². The van der Waals surface area contributed by atoms with Crippen molar-refractivity contribution in [3.05, 3.63) is 57.7 Å². The Bertz CT molecular complexity index is 1200. The highest BCUT2D eigenvalue weighted by molar-refractivity contribution is 7.11. The Kier molecular flexibility index (Phi) is 7.57. The van der Waals surface area contributed by atoms with Gasteiger partial charge >= 0.3 is 6.18 Å². The summed E-state index contributed by atoms with van der Waals surface area (Å²) in [5.74, 6) is 0.609. The monoisotopic (exact) mass is 516 g/mol. The second-order valence-electron chi connectivity index (χ2n) is 9.97. The number of hydrogen-bond acceptors (Lipinski definition) is 5. The molecule has 3 aromatic rings. The Morgan fingerprint density at radius 1 is 1.14 bits per heavy atom. The highest BCUT2D eigenvalue weighted by Crippen LogP contribution is 2.31. The molecule has 192 valence electrons. The Balaban J connectivity index is 1.06. The third-order valence-electron chi connectivity index (χ3n) is 7.40.